The molecule has 4 rings (SSSR count). The maximum Gasteiger partial charge on any atom is 0.475 e. The summed E-state index contributed by atoms with van der Waals surface area (Å²) in [6.45, 7) is -0.0665. The summed E-state index contributed by atoms with van der Waals surface area (Å²) in [7, 11) is -4.00. The number of halogens is 2. The first kappa shape index (κ1) is 24.8. The van der Waals surface area contributed by atoms with E-state index in [1.54, 1.807) is 12.1 Å². The van der Waals surface area contributed by atoms with Gasteiger partial charge in [0.15, 0.2) is 0 Å². The van der Waals surface area contributed by atoms with Gasteiger partial charge in [-0.1, -0.05) is 60.7 Å². The normalized spacial score (nSPS) is 16.0. The minimum absolute atomic E-state index is 0.0193. The number of ether oxygens (including phenoxy) is 1. The van der Waals surface area contributed by atoms with Gasteiger partial charge in [0.2, 0.25) is 0 Å². The van der Waals surface area contributed by atoms with E-state index in [9.17, 15) is 13.8 Å². The average Bonchev–Trinajstić information content (AvgIpc) is 3.24. The summed E-state index contributed by atoms with van der Waals surface area (Å²) >= 11 is 1.87. The number of cyclic esters (lactones) is 1. The maximum absolute atomic E-state index is 13.9. The Morgan fingerprint density at radius 1 is 0.941 bits per heavy atom. The third-order valence-corrected chi connectivity index (χ3v) is 7.20. The van der Waals surface area contributed by atoms with Crippen molar-refractivity contribution in [3.8, 4) is 0 Å². The highest BCUT2D eigenvalue weighted by atomic mass is 127. The number of anilines is 1. The van der Waals surface area contributed by atoms with Crippen LogP contribution >= 0.6 is 30.4 Å². The molecule has 1 atom stereocenters. The van der Waals surface area contributed by atoms with Crippen molar-refractivity contribution in [1.82, 2.24) is 0 Å². The third-order valence-electron chi connectivity index (χ3n) is 4.97. The quantitative estimate of drug-likeness (QED) is 0.202. The SMILES string of the molecule is O=C1OC(COP(=O)(OCc2ccccc2)OCc2ccccc2)CN1c1ccc(I)c(F)c1. The van der Waals surface area contributed by atoms with Crippen LogP contribution in [0.5, 0.6) is 0 Å². The van der Waals surface area contributed by atoms with Gasteiger partial charge in [-0.3, -0.25) is 18.5 Å². The van der Waals surface area contributed by atoms with Crippen LogP contribution in [0.3, 0.4) is 0 Å². The van der Waals surface area contributed by atoms with E-state index in [1.807, 2.05) is 83.3 Å². The van der Waals surface area contributed by atoms with Gasteiger partial charge >= 0.3 is 13.9 Å². The van der Waals surface area contributed by atoms with Gasteiger partial charge < -0.3 is 4.74 Å². The van der Waals surface area contributed by atoms with E-state index in [2.05, 4.69) is 0 Å². The number of hydrogen-bond donors (Lipinski definition) is 0. The van der Waals surface area contributed by atoms with Gasteiger partial charge in [-0.05, 0) is 51.9 Å². The van der Waals surface area contributed by atoms with Crippen molar-refractivity contribution in [2.75, 3.05) is 18.1 Å². The molecule has 178 valence electrons. The molecular weight excluding hydrogens is 575 g/mol. The number of amides is 1. The predicted molar refractivity (Wildman–Crippen MR) is 133 cm³/mol. The lowest BCUT2D eigenvalue weighted by atomic mass is 10.2. The summed E-state index contributed by atoms with van der Waals surface area (Å²) in [4.78, 5) is 13.6. The van der Waals surface area contributed by atoms with Gasteiger partial charge in [0.05, 0.1) is 32.1 Å². The van der Waals surface area contributed by atoms with Crippen LogP contribution in [-0.2, 0) is 36.1 Å². The number of rotatable bonds is 10. The van der Waals surface area contributed by atoms with Gasteiger partial charge in [0.25, 0.3) is 0 Å². The number of benzene rings is 3. The van der Waals surface area contributed by atoms with E-state index in [4.69, 9.17) is 18.3 Å². The molecule has 1 aliphatic rings. The Morgan fingerprint density at radius 2 is 1.53 bits per heavy atom. The number of phosphoric acid groups is 1. The summed E-state index contributed by atoms with van der Waals surface area (Å²) < 4.78 is 49.8. The van der Waals surface area contributed by atoms with Crippen LogP contribution in [-0.4, -0.2) is 25.3 Å². The molecule has 1 heterocycles. The molecule has 34 heavy (non-hydrogen) atoms. The first-order chi connectivity index (χ1) is 16.4. The van der Waals surface area contributed by atoms with Crippen LogP contribution in [0.25, 0.3) is 0 Å². The second kappa shape index (κ2) is 11.4. The lowest BCUT2D eigenvalue weighted by Gasteiger charge is -2.19. The van der Waals surface area contributed by atoms with Crippen LogP contribution in [0.4, 0.5) is 14.9 Å². The van der Waals surface area contributed by atoms with Crippen molar-refractivity contribution in [3.63, 3.8) is 0 Å². The topological polar surface area (TPSA) is 74.3 Å². The Hall–Kier alpha value is -2.30. The summed E-state index contributed by atoms with van der Waals surface area (Å²) in [5.74, 6) is -0.432. The molecule has 0 N–H and O–H groups in total. The minimum atomic E-state index is -4.00. The first-order valence-corrected chi connectivity index (χ1v) is 13.0. The summed E-state index contributed by atoms with van der Waals surface area (Å²) in [5.41, 5.74) is 1.97. The fourth-order valence-corrected chi connectivity index (χ4v) is 4.74. The van der Waals surface area contributed by atoms with Gasteiger partial charge in [-0.2, -0.15) is 0 Å². The molecule has 0 aliphatic carbocycles. The molecule has 3 aromatic rings. The molecular formula is C24H22FINO6P. The molecule has 1 saturated heterocycles. The monoisotopic (exact) mass is 597 g/mol. The van der Waals surface area contributed by atoms with Gasteiger partial charge in [0, 0.05) is 3.57 Å². The van der Waals surface area contributed by atoms with Crippen molar-refractivity contribution in [1.29, 1.82) is 0 Å². The van der Waals surface area contributed by atoms with Crippen molar-refractivity contribution < 1.29 is 32.1 Å². The van der Waals surface area contributed by atoms with Crippen LogP contribution < -0.4 is 4.90 Å². The van der Waals surface area contributed by atoms with Crippen LogP contribution in [0.2, 0.25) is 0 Å². The predicted octanol–water partition coefficient (Wildman–Crippen LogP) is 6.31. The van der Waals surface area contributed by atoms with Crippen molar-refractivity contribution in [2.45, 2.75) is 19.3 Å². The molecule has 3 aromatic carbocycles. The second-order valence-corrected chi connectivity index (χ2v) is 10.3. The van der Waals surface area contributed by atoms with Crippen LogP contribution in [0.1, 0.15) is 11.1 Å². The lowest BCUT2D eigenvalue weighted by molar-refractivity contribution is 0.0596. The highest BCUT2D eigenvalue weighted by Crippen LogP contribution is 2.51. The molecule has 1 amide bonds. The van der Waals surface area contributed by atoms with E-state index in [0.717, 1.165) is 11.1 Å². The number of nitrogens with zero attached hydrogens (tertiary/aromatic N) is 1. The zero-order valence-electron chi connectivity index (χ0n) is 18.0. The van der Waals surface area contributed by atoms with Gasteiger partial charge in [-0.15, -0.1) is 0 Å². The molecule has 1 aliphatic heterocycles. The lowest BCUT2D eigenvalue weighted by Crippen LogP contribution is -2.26. The number of phosphoric ester groups is 1. The molecule has 10 heteroatoms. The Bertz CT molecular complexity index is 1120. The minimum Gasteiger partial charge on any atom is -0.441 e. The molecule has 0 radical (unpaired) electrons. The van der Waals surface area contributed by atoms with Crippen molar-refractivity contribution >= 4 is 42.2 Å². The van der Waals surface area contributed by atoms with E-state index in [1.165, 1.54) is 11.0 Å². The first-order valence-electron chi connectivity index (χ1n) is 10.5. The molecule has 1 fully saturated rings. The number of carbonyl (C=O) groups excluding carboxylic acids is 1. The maximum atomic E-state index is 13.9. The highest BCUT2D eigenvalue weighted by molar-refractivity contribution is 14.1. The van der Waals surface area contributed by atoms with Crippen LogP contribution in [0, 0.1) is 9.39 Å². The van der Waals surface area contributed by atoms with Crippen molar-refractivity contribution in [3.05, 3.63) is 99.4 Å². The summed E-state index contributed by atoms with van der Waals surface area (Å²) in [5, 5.41) is 0. The Balaban J connectivity index is 1.40. The fraction of sp³-hybridized carbons (Fsp3) is 0.208. The highest BCUT2D eigenvalue weighted by Gasteiger charge is 2.36. The second-order valence-electron chi connectivity index (χ2n) is 7.48. The van der Waals surface area contributed by atoms with Gasteiger partial charge in [-0.25, -0.2) is 13.8 Å². The van der Waals surface area contributed by atoms with E-state index in [-0.39, 0.29) is 26.4 Å². The smallest absolute Gasteiger partial charge is 0.441 e. The zero-order chi connectivity index (χ0) is 24.0. The standard InChI is InChI=1S/C24H22FINO6P/c25-22-13-20(11-12-23(22)26)27-14-21(33-24(27)28)17-32-34(29,30-15-18-7-3-1-4-8-18)31-16-19-9-5-2-6-10-19/h1-13,21H,14-17H2. The summed E-state index contributed by atoms with van der Waals surface area (Å²) in [6, 6.07) is 22.9. The Kier molecular flexibility index (Phi) is 8.33. The zero-order valence-corrected chi connectivity index (χ0v) is 21.1. The molecule has 1 unspecified atom stereocenters. The number of carbonyl (C=O) groups is 1. The number of hydrogen-bond acceptors (Lipinski definition) is 6. The van der Waals surface area contributed by atoms with E-state index >= 15 is 0 Å². The average molecular weight is 597 g/mol. The van der Waals surface area contributed by atoms with E-state index in [0.29, 0.717) is 9.26 Å². The van der Waals surface area contributed by atoms with Crippen LogP contribution in [0.15, 0.2) is 78.9 Å². The molecule has 0 spiro atoms. The fourth-order valence-electron chi connectivity index (χ4n) is 3.21. The Labute approximate surface area is 210 Å². The van der Waals surface area contributed by atoms with E-state index < -0.39 is 25.8 Å². The molecule has 0 saturated carbocycles. The Morgan fingerprint density at radius 3 is 2.09 bits per heavy atom. The van der Waals surface area contributed by atoms with Gasteiger partial charge in [0.1, 0.15) is 11.9 Å². The largest absolute Gasteiger partial charge is 0.475 e. The molecule has 7 nitrogen and oxygen atoms in total. The molecule has 0 aromatic heterocycles. The third kappa shape index (κ3) is 6.64. The molecule has 0 bridgehead atoms. The summed E-state index contributed by atoms with van der Waals surface area (Å²) in [6.07, 6.45) is -1.37. The van der Waals surface area contributed by atoms with Crippen molar-refractivity contribution in [2.24, 2.45) is 0 Å².